The maximum atomic E-state index is 6.33. The Morgan fingerprint density at radius 2 is 2.12 bits per heavy atom. The van der Waals surface area contributed by atoms with Gasteiger partial charge in [-0.3, -0.25) is 0 Å². The van der Waals surface area contributed by atoms with Gasteiger partial charge in [0.2, 0.25) is 0 Å². The zero-order valence-corrected chi connectivity index (χ0v) is 11.7. The zero-order chi connectivity index (χ0) is 12.1. The highest BCUT2D eigenvalue weighted by atomic mass is 79.9. The third-order valence-corrected chi connectivity index (χ3v) is 3.50. The summed E-state index contributed by atoms with van der Waals surface area (Å²) in [4.78, 5) is 0. The first-order chi connectivity index (χ1) is 8.24. The van der Waals surface area contributed by atoms with Crippen molar-refractivity contribution in [3.05, 3.63) is 58.5 Å². The molecule has 1 unspecified atom stereocenters. The lowest BCUT2D eigenvalue weighted by Crippen LogP contribution is -2.04. The molecule has 1 nitrogen and oxygen atoms in total. The minimum absolute atomic E-state index is 0.148. The second kappa shape index (κ2) is 6.27. The van der Waals surface area contributed by atoms with Gasteiger partial charge >= 0.3 is 0 Å². The summed E-state index contributed by atoms with van der Waals surface area (Å²) >= 11 is 9.79. The second-order valence-electron chi connectivity index (χ2n) is 4.05. The second-order valence-corrected chi connectivity index (χ2v) is 5.58. The standard InChI is InChI=1S/C14H14BrClO/c15-12-4-1-3-11(9-12)10-13(16)6-7-14-5-2-8-17-14/h1-5,8-9,13H,6-7,10H2. The van der Waals surface area contributed by atoms with E-state index >= 15 is 0 Å². The van der Waals surface area contributed by atoms with Crippen LogP contribution in [-0.4, -0.2) is 5.38 Å². The van der Waals surface area contributed by atoms with Crippen molar-refractivity contribution in [3.63, 3.8) is 0 Å². The Bertz CT molecular complexity index is 453. The average Bonchev–Trinajstić information content (AvgIpc) is 2.79. The summed E-state index contributed by atoms with van der Waals surface area (Å²) in [7, 11) is 0. The fourth-order valence-corrected chi connectivity index (χ4v) is 2.51. The Morgan fingerprint density at radius 1 is 1.24 bits per heavy atom. The Hall–Kier alpha value is -0.730. The van der Waals surface area contributed by atoms with Crippen molar-refractivity contribution >= 4 is 27.5 Å². The topological polar surface area (TPSA) is 13.1 Å². The van der Waals surface area contributed by atoms with Crippen LogP contribution in [0.2, 0.25) is 0 Å². The van der Waals surface area contributed by atoms with E-state index in [2.05, 4.69) is 28.1 Å². The van der Waals surface area contributed by atoms with Crippen LogP contribution in [-0.2, 0) is 12.8 Å². The van der Waals surface area contributed by atoms with Crippen LogP contribution in [0.25, 0.3) is 0 Å². The molecule has 90 valence electrons. The van der Waals surface area contributed by atoms with E-state index in [4.69, 9.17) is 16.0 Å². The fourth-order valence-electron chi connectivity index (χ4n) is 1.78. The highest BCUT2D eigenvalue weighted by Crippen LogP contribution is 2.18. The molecular weight excluding hydrogens is 300 g/mol. The predicted octanol–water partition coefficient (Wildman–Crippen LogP) is 4.82. The first kappa shape index (κ1) is 12.7. The van der Waals surface area contributed by atoms with E-state index in [9.17, 15) is 0 Å². The summed E-state index contributed by atoms with van der Waals surface area (Å²) in [5, 5.41) is 0.148. The molecule has 1 aromatic heterocycles. The van der Waals surface area contributed by atoms with Crippen molar-refractivity contribution in [1.82, 2.24) is 0 Å². The third-order valence-electron chi connectivity index (χ3n) is 2.63. The Balaban J connectivity index is 1.83. The summed E-state index contributed by atoms with van der Waals surface area (Å²) in [6, 6.07) is 12.2. The van der Waals surface area contributed by atoms with Gasteiger partial charge in [-0.15, -0.1) is 11.6 Å². The lowest BCUT2D eigenvalue weighted by molar-refractivity contribution is 0.499. The number of halogens is 2. The highest BCUT2D eigenvalue weighted by molar-refractivity contribution is 9.10. The molecule has 0 fully saturated rings. The van der Waals surface area contributed by atoms with Gasteiger partial charge < -0.3 is 4.42 Å². The van der Waals surface area contributed by atoms with Crippen LogP contribution in [0.3, 0.4) is 0 Å². The maximum absolute atomic E-state index is 6.33. The highest BCUT2D eigenvalue weighted by Gasteiger charge is 2.07. The average molecular weight is 314 g/mol. The van der Waals surface area contributed by atoms with Gasteiger partial charge in [0.25, 0.3) is 0 Å². The molecule has 0 aliphatic heterocycles. The Labute approximate surface area is 115 Å². The van der Waals surface area contributed by atoms with Crippen LogP contribution in [0.4, 0.5) is 0 Å². The van der Waals surface area contributed by atoms with Gasteiger partial charge in [0.1, 0.15) is 5.76 Å². The summed E-state index contributed by atoms with van der Waals surface area (Å²) in [5.74, 6) is 1.00. The molecule has 0 saturated heterocycles. The molecule has 2 rings (SSSR count). The molecular formula is C14H14BrClO. The van der Waals surface area contributed by atoms with Crippen molar-refractivity contribution in [2.24, 2.45) is 0 Å². The van der Waals surface area contributed by atoms with Gasteiger partial charge in [0.05, 0.1) is 6.26 Å². The minimum Gasteiger partial charge on any atom is -0.469 e. The predicted molar refractivity (Wildman–Crippen MR) is 74.5 cm³/mol. The monoisotopic (exact) mass is 312 g/mol. The van der Waals surface area contributed by atoms with E-state index < -0.39 is 0 Å². The van der Waals surface area contributed by atoms with E-state index in [0.717, 1.165) is 29.5 Å². The molecule has 0 N–H and O–H groups in total. The number of furan rings is 1. The van der Waals surface area contributed by atoms with Crippen molar-refractivity contribution in [2.75, 3.05) is 0 Å². The quantitative estimate of drug-likeness (QED) is 0.721. The molecule has 17 heavy (non-hydrogen) atoms. The molecule has 0 radical (unpaired) electrons. The van der Waals surface area contributed by atoms with Gasteiger partial charge in [0, 0.05) is 16.3 Å². The van der Waals surface area contributed by atoms with Gasteiger partial charge in [-0.2, -0.15) is 0 Å². The van der Waals surface area contributed by atoms with Crippen molar-refractivity contribution in [2.45, 2.75) is 24.6 Å². The summed E-state index contributed by atoms with van der Waals surface area (Å²) < 4.78 is 6.39. The molecule has 0 aliphatic rings. The summed E-state index contributed by atoms with van der Waals surface area (Å²) in [6.07, 6.45) is 4.42. The Kier molecular flexibility index (Phi) is 4.69. The molecule has 2 aromatic rings. The smallest absolute Gasteiger partial charge is 0.103 e. The number of rotatable bonds is 5. The van der Waals surface area contributed by atoms with Crippen LogP contribution >= 0.6 is 27.5 Å². The number of hydrogen-bond donors (Lipinski definition) is 0. The first-order valence-corrected chi connectivity index (χ1v) is 6.88. The molecule has 3 heteroatoms. The fraction of sp³-hybridized carbons (Fsp3) is 0.286. The van der Waals surface area contributed by atoms with E-state index in [1.807, 2.05) is 24.3 Å². The summed E-state index contributed by atoms with van der Waals surface area (Å²) in [6.45, 7) is 0. The number of aryl methyl sites for hydroxylation is 1. The van der Waals surface area contributed by atoms with Crippen LogP contribution in [0.1, 0.15) is 17.7 Å². The van der Waals surface area contributed by atoms with Crippen molar-refractivity contribution < 1.29 is 4.42 Å². The number of benzene rings is 1. The maximum Gasteiger partial charge on any atom is 0.103 e. The van der Waals surface area contributed by atoms with Gasteiger partial charge in [-0.25, -0.2) is 0 Å². The largest absolute Gasteiger partial charge is 0.469 e. The molecule has 1 aromatic carbocycles. The SMILES string of the molecule is ClC(CCc1ccco1)Cc1cccc(Br)c1. The zero-order valence-electron chi connectivity index (χ0n) is 9.40. The molecule has 0 saturated carbocycles. The van der Waals surface area contributed by atoms with E-state index in [1.54, 1.807) is 6.26 Å². The lowest BCUT2D eigenvalue weighted by Gasteiger charge is -2.08. The van der Waals surface area contributed by atoms with Gasteiger partial charge in [-0.1, -0.05) is 28.1 Å². The van der Waals surface area contributed by atoms with E-state index in [0.29, 0.717) is 0 Å². The first-order valence-electron chi connectivity index (χ1n) is 5.65. The number of alkyl halides is 1. The molecule has 0 bridgehead atoms. The molecule has 0 spiro atoms. The van der Waals surface area contributed by atoms with E-state index in [1.165, 1.54) is 5.56 Å². The van der Waals surface area contributed by atoms with Crippen LogP contribution in [0, 0.1) is 0 Å². The van der Waals surface area contributed by atoms with Crippen molar-refractivity contribution in [1.29, 1.82) is 0 Å². The molecule has 0 aliphatic carbocycles. The third kappa shape index (κ3) is 4.21. The number of hydrogen-bond acceptors (Lipinski definition) is 1. The minimum atomic E-state index is 0.148. The summed E-state index contributed by atoms with van der Waals surface area (Å²) in [5.41, 5.74) is 1.26. The molecule has 0 amide bonds. The molecule has 1 atom stereocenters. The van der Waals surface area contributed by atoms with Crippen LogP contribution in [0.15, 0.2) is 51.6 Å². The molecule has 1 heterocycles. The van der Waals surface area contributed by atoms with Gasteiger partial charge in [-0.05, 0) is 42.7 Å². The van der Waals surface area contributed by atoms with E-state index in [-0.39, 0.29) is 5.38 Å². The van der Waals surface area contributed by atoms with Crippen molar-refractivity contribution in [3.8, 4) is 0 Å². The Morgan fingerprint density at radius 3 is 2.82 bits per heavy atom. The van der Waals surface area contributed by atoms with Crippen LogP contribution in [0.5, 0.6) is 0 Å². The van der Waals surface area contributed by atoms with Gasteiger partial charge in [0.15, 0.2) is 0 Å². The lowest BCUT2D eigenvalue weighted by atomic mass is 10.1. The normalized spacial score (nSPS) is 12.6. The van der Waals surface area contributed by atoms with Crippen LogP contribution < -0.4 is 0 Å².